The first-order valence-corrected chi connectivity index (χ1v) is 8.46. The highest BCUT2D eigenvalue weighted by atomic mass is 35.5. The van der Waals surface area contributed by atoms with Crippen molar-refractivity contribution >= 4 is 27.3 Å². The Morgan fingerprint density at radius 1 is 1.35 bits per heavy atom. The van der Waals surface area contributed by atoms with Crippen LogP contribution in [0.15, 0.2) is 18.2 Å². The molecule has 0 aliphatic carbocycles. The first-order valence-electron chi connectivity index (χ1n) is 6.24. The molecule has 2 rings (SSSR count). The second kappa shape index (κ2) is 5.52. The number of halogens is 1. The lowest BCUT2D eigenvalue weighted by Gasteiger charge is -2.32. The smallest absolute Gasteiger partial charge is 0.232 e. The number of ether oxygens (including phenoxy) is 2. The van der Waals surface area contributed by atoms with Crippen molar-refractivity contribution in [2.24, 2.45) is 0 Å². The standard InChI is InChI=1S/C13H18ClNO4S/c1-10-5-4-6-11(14)12(10)15(20(3,16)17)9-13(2)18-7-8-19-13/h4-6H,7-9H2,1-3H3. The van der Waals surface area contributed by atoms with Crippen LogP contribution in [0.25, 0.3) is 0 Å². The predicted octanol–water partition coefficient (Wildman–Crippen LogP) is 2.18. The summed E-state index contributed by atoms with van der Waals surface area (Å²) in [5.74, 6) is -0.950. The van der Waals surface area contributed by atoms with E-state index in [2.05, 4.69) is 0 Å². The van der Waals surface area contributed by atoms with Gasteiger partial charge >= 0.3 is 0 Å². The van der Waals surface area contributed by atoms with E-state index >= 15 is 0 Å². The van der Waals surface area contributed by atoms with Crippen molar-refractivity contribution in [1.82, 2.24) is 0 Å². The molecule has 1 aromatic rings. The van der Waals surface area contributed by atoms with E-state index in [9.17, 15) is 8.42 Å². The maximum absolute atomic E-state index is 12.1. The topological polar surface area (TPSA) is 55.8 Å². The molecule has 1 aliphatic heterocycles. The fourth-order valence-electron chi connectivity index (χ4n) is 2.21. The van der Waals surface area contributed by atoms with E-state index in [1.807, 2.05) is 13.0 Å². The van der Waals surface area contributed by atoms with Gasteiger partial charge in [0.25, 0.3) is 0 Å². The lowest BCUT2D eigenvalue weighted by Crippen LogP contribution is -2.44. The summed E-state index contributed by atoms with van der Waals surface area (Å²) in [4.78, 5) is 0. The minimum atomic E-state index is -3.50. The number of hydrogen-bond acceptors (Lipinski definition) is 4. The van der Waals surface area contributed by atoms with Crippen molar-refractivity contribution in [3.8, 4) is 0 Å². The van der Waals surface area contributed by atoms with Gasteiger partial charge in [-0.05, 0) is 25.5 Å². The number of hydrogen-bond donors (Lipinski definition) is 0. The minimum absolute atomic E-state index is 0.0659. The number of nitrogens with zero attached hydrogens (tertiary/aromatic N) is 1. The monoisotopic (exact) mass is 319 g/mol. The van der Waals surface area contributed by atoms with Crippen LogP contribution in [0.3, 0.4) is 0 Å². The number of anilines is 1. The molecule has 1 aliphatic rings. The van der Waals surface area contributed by atoms with Gasteiger partial charge in [0.1, 0.15) is 0 Å². The van der Waals surface area contributed by atoms with Crippen LogP contribution < -0.4 is 4.31 Å². The van der Waals surface area contributed by atoms with Crippen molar-refractivity contribution in [3.63, 3.8) is 0 Å². The highest BCUT2D eigenvalue weighted by molar-refractivity contribution is 7.92. The maximum Gasteiger partial charge on any atom is 0.232 e. The van der Waals surface area contributed by atoms with E-state index in [0.717, 1.165) is 11.8 Å². The zero-order valence-corrected chi connectivity index (χ0v) is 13.3. The van der Waals surface area contributed by atoms with Gasteiger partial charge in [0, 0.05) is 0 Å². The average Bonchev–Trinajstić information content (AvgIpc) is 2.73. The summed E-state index contributed by atoms with van der Waals surface area (Å²) in [6.45, 7) is 4.52. The number of aryl methyl sites for hydroxylation is 1. The van der Waals surface area contributed by atoms with E-state index in [4.69, 9.17) is 21.1 Å². The summed E-state index contributed by atoms with van der Waals surface area (Å²) in [5.41, 5.74) is 1.25. The van der Waals surface area contributed by atoms with E-state index in [1.165, 1.54) is 4.31 Å². The zero-order chi connectivity index (χ0) is 15.0. The van der Waals surface area contributed by atoms with Crippen LogP contribution in [0.1, 0.15) is 12.5 Å². The molecular formula is C13H18ClNO4S. The molecule has 1 fully saturated rings. The molecule has 0 N–H and O–H groups in total. The molecule has 1 saturated heterocycles. The molecule has 0 bridgehead atoms. The molecule has 0 unspecified atom stereocenters. The normalized spacial score (nSPS) is 18.2. The molecule has 1 heterocycles. The lowest BCUT2D eigenvalue weighted by molar-refractivity contribution is -0.131. The fourth-order valence-corrected chi connectivity index (χ4v) is 3.63. The van der Waals surface area contributed by atoms with Gasteiger partial charge < -0.3 is 9.47 Å². The van der Waals surface area contributed by atoms with Gasteiger partial charge in [-0.25, -0.2) is 8.42 Å². The van der Waals surface area contributed by atoms with Gasteiger partial charge in [0.2, 0.25) is 10.0 Å². The minimum Gasteiger partial charge on any atom is -0.346 e. The summed E-state index contributed by atoms with van der Waals surface area (Å²) in [5, 5.41) is 0.386. The highest BCUT2D eigenvalue weighted by Crippen LogP contribution is 2.33. The van der Waals surface area contributed by atoms with Crippen LogP contribution in [0.2, 0.25) is 5.02 Å². The van der Waals surface area contributed by atoms with Crippen molar-refractivity contribution < 1.29 is 17.9 Å². The molecule has 0 atom stereocenters. The Balaban J connectivity index is 2.44. The molecule has 0 amide bonds. The van der Waals surface area contributed by atoms with Crippen molar-refractivity contribution in [2.75, 3.05) is 30.3 Å². The van der Waals surface area contributed by atoms with Crippen LogP contribution >= 0.6 is 11.6 Å². The Morgan fingerprint density at radius 2 is 1.95 bits per heavy atom. The summed E-state index contributed by atoms with van der Waals surface area (Å²) in [6.07, 6.45) is 1.15. The molecule has 5 nitrogen and oxygen atoms in total. The van der Waals surface area contributed by atoms with Crippen LogP contribution in [0.5, 0.6) is 0 Å². The van der Waals surface area contributed by atoms with Crippen LogP contribution in [-0.2, 0) is 19.5 Å². The van der Waals surface area contributed by atoms with E-state index < -0.39 is 15.8 Å². The number of benzene rings is 1. The van der Waals surface area contributed by atoms with Crippen LogP contribution in [0, 0.1) is 6.92 Å². The number of para-hydroxylation sites is 1. The average molecular weight is 320 g/mol. The summed E-state index contributed by atoms with van der Waals surface area (Å²) in [6, 6.07) is 5.27. The quantitative estimate of drug-likeness (QED) is 0.853. The highest BCUT2D eigenvalue weighted by Gasteiger charge is 2.37. The van der Waals surface area contributed by atoms with Crippen LogP contribution in [-0.4, -0.2) is 40.2 Å². The van der Waals surface area contributed by atoms with Gasteiger partial charge in [-0.3, -0.25) is 4.31 Å². The molecule has 0 saturated carbocycles. The van der Waals surface area contributed by atoms with Gasteiger partial charge in [-0.15, -0.1) is 0 Å². The molecule has 0 radical (unpaired) electrons. The van der Waals surface area contributed by atoms with Gasteiger partial charge in [-0.1, -0.05) is 23.7 Å². The van der Waals surface area contributed by atoms with Crippen molar-refractivity contribution in [3.05, 3.63) is 28.8 Å². The van der Waals surface area contributed by atoms with E-state index in [1.54, 1.807) is 19.1 Å². The van der Waals surface area contributed by atoms with Crippen LogP contribution in [0.4, 0.5) is 5.69 Å². The summed E-state index contributed by atoms with van der Waals surface area (Å²) >= 11 is 6.17. The summed E-state index contributed by atoms with van der Waals surface area (Å²) < 4.78 is 36.5. The molecule has 112 valence electrons. The van der Waals surface area contributed by atoms with Crippen molar-refractivity contribution in [1.29, 1.82) is 0 Å². The fraction of sp³-hybridized carbons (Fsp3) is 0.538. The Bertz CT molecular complexity index is 576. The Hall–Kier alpha value is -0.820. The first-order chi connectivity index (χ1) is 9.23. The second-order valence-corrected chi connectivity index (χ2v) is 7.32. The third-order valence-corrected chi connectivity index (χ3v) is 4.58. The number of sulfonamides is 1. The first kappa shape index (κ1) is 15.6. The largest absolute Gasteiger partial charge is 0.346 e. The molecule has 20 heavy (non-hydrogen) atoms. The number of rotatable bonds is 4. The third kappa shape index (κ3) is 3.25. The third-order valence-electron chi connectivity index (χ3n) is 3.17. The van der Waals surface area contributed by atoms with Crippen molar-refractivity contribution in [2.45, 2.75) is 19.6 Å². The lowest BCUT2D eigenvalue weighted by atomic mass is 10.2. The molecular weight excluding hydrogens is 302 g/mol. The Labute approximate surface area is 124 Å². The molecule has 0 aromatic heterocycles. The Morgan fingerprint density at radius 3 is 2.45 bits per heavy atom. The van der Waals surface area contributed by atoms with Gasteiger partial charge in [-0.2, -0.15) is 0 Å². The van der Waals surface area contributed by atoms with Gasteiger partial charge in [0.15, 0.2) is 5.79 Å². The van der Waals surface area contributed by atoms with E-state index in [0.29, 0.717) is 23.9 Å². The second-order valence-electron chi connectivity index (χ2n) is 5.01. The molecule has 7 heteroatoms. The molecule has 0 spiro atoms. The predicted molar refractivity (Wildman–Crippen MR) is 78.7 cm³/mol. The SMILES string of the molecule is Cc1cccc(Cl)c1N(CC1(C)OCCO1)S(C)(=O)=O. The molecule has 1 aromatic carbocycles. The van der Waals surface area contributed by atoms with E-state index in [-0.39, 0.29) is 6.54 Å². The zero-order valence-electron chi connectivity index (χ0n) is 11.7. The maximum atomic E-state index is 12.1. The summed E-state index contributed by atoms with van der Waals surface area (Å²) in [7, 11) is -3.50. The van der Waals surface area contributed by atoms with Gasteiger partial charge in [0.05, 0.1) is 36.7 Å². The Kier molecular flexibility index (Phi) is 4.30.